The van der Waals surface area contributed by atoms with Gasteiger partial charge in [-0.25, -0.2) is 0 Å². The Hall–Kier alpha value is -0.840. The van der Waals surface area contributed by atoms with Crippen molar-refractivity contribution in [2.24, 2.45) is 0 Å². The second-order valence-corrected chi connectivity index (χ2v) is 5.14. The zero-order valence-electron chi connectivity index (χ0n) is 8.68. The molecule has 2 aromatic rings. The Balaban J connectivity index is 2.34. The maximum Gasteiger partial charge on any atom is 0.120 e. The fourth-order valence-electron chi connectivity index (χ4n) is 1.46. The van der Waals surface area contributed by atoms with Crippen molar-refractivity contribution in [2.45, 2.75) is 6.10 Å². The molecule has 0 aliphatic carbocycles. The van der Waals surface area contributed by atoms with E-state index in [2.05, 4.69) is 15.9 Å². The zero-order chi connectivity index (χ0) is 11.5. The zero-order valence-corrected chi connectivity index (χ0v) is 11.1. The van der Waals surface area contributed by atoms with Crippen molar-refractivity contribution in [1.29, 1.82) is 0 Å². The second kappa shape index (κ2) is 4.99. The van der Waals surface area contributed by atoms with Crippen LogP contribution in [0.5, 0.6) is 5.75 Å². The van der Waals surface area contributed by atoms with Gasteiger partial charge in [-0.3, -0.25) is 0 Å². The predicted octanol–water partition coefficient (Wildman–Crippen LogP) is 3.60. The first kappa shape index (κ1) is 11.6. The number of hydrogen-bond donors (Lipinski definition) is 1. The van der Waals surface area contributed by atoms with Gasteiger partial charge in [0.05, 0.1) is 7.11 Å². The van der Waals surface area contributed by atoms with E-state index in [1.54, 1.807) is 18.4 Å². The van der Waals surface area contributed by atoms with Crippen LogP contribution in [0.2, 0.25) is 0 Å². The third kappa shape index (κ3) is 2.29. The van der Waals surface area contributed by atoms with E-state index in [0.717, 1.165) is 20.7 Å². The van der Waals surface area contributed by atoms with Crippen molar-refractivity contribution in [1.82, 2.24) is 0 Å². The summed E-state index contributed by atoms with van der Waals surface area (Å²) in [7, 11) is 1.62. The highest BCUT2D eigenvalue weighted by molar-refractivity contribution is 9.10. The largest absolute Gasteiger partial charge is 0.497 e. The number of thiophene rings is 1. The highest BCUT2D eigenvalue weighted by Crippen LogP contribution is 2.32. The molecule has 1 atom stereocenters. The van der Waals surface area contributed by atoms with Crippen molar-refractivity contribution in [2.75, 3.05) is 7.11 Å². The second-order valence-electron chi connectivity index (χ2n) is 3.31. The van der Waals surface area contributed by atoms with E-state index in [1.165, 1.54) is 0 Å². The fourth-order valence-corrected chi connectivity index (χ4v) is 2.76. The molecular formula is C12H11BrO2S. The summed E-state index contributed by atoms with van der Waals surface area (Å²) in [5.74, 6) is 0.772. The smallest absolute Gasteiger partial charge is 0.120 e. The van der Waals surface area contributed by atoms with Crippen molar-refractivity contribution < 1.29 is 9.84 Å². The Kier molecular flexibility index (Phi) is 3.63. The Labute approximate surface area is 107 Å². The first-order valence-corrected chi connectivity index (χ1v) is 6.44. The topological polar surface area (TPSA) is 29.5 Å². The summed E-state index contributed by atoms with van der Waals surface area (Å²) in [4.78, 5) is 0.936. The number of methoxy groups -OCH3 is 1. The molecule has 0 saturated heterocycles. The first-order chi connectivity index (χ1) is 7.72. The molecule has 16 heavy (non-hydrogen) atoms. The van der Waals surface area contributed by atoms with Crippen LogP contribution in [0.3, 0.4) is 0 Å². The van der Waals surface area contributed by atoms with Crippen LogP contribution in [0.15, 0.2) is 40.2 Å². The molecule has 1 unspecified atom stereocenters. The Morgan fingerprint density at radius 3 is 2.75 bits per heavy atom. The lowest BCUT2D eigenvalue weighted by atomic mass is 10.1. The van der Waals surface area contributed by atoms with Gasteiger partial charge >= 0.3 is 0 Å². The minimum absolute atomic E-state index is 0.583. The summed E-state index contributed by atoms with van der Waals surface area (Å²) in [6.07, 6.45) is -0.583. The SMILES string of the molecule is COc1ccc(C(O)c2cccs2)c(Br)c1. The molecule has 4 heteroatoms. The summed E-state index contributed by atoms with van der Waals surface area (Å²) in [6, 6.07) is 9.42. The van der Waals surface area contributed by atoms with E-state index in [9.17, 15) is 5.11 Å². The predicted molar refractivity (Wildman–Crippen MR) is 69.1 cm³/mol. The number of benzene rings is 1. The van der Waals surface area contributed by atoms with Crippen LogP contribution in [0.1, 0.15) is 16.5 Å². The number of rotatable bonds is 3. The summed E-state index contributed by atoms with van der Waals surface area (Å²) in [5, 5.41) is 12.1. The molecule has 1 aromatic heterocycles. The summed E-state index contributed by atoms with van der Waals surface area (Å²) in [5.41, 5.74) is 0.850. The fraction of sp³-hybridized carbons (Fsp3) is 0.167. The Bertz CT molecular complexity index is 468. The van der Waals surface area contributed by atoms with Gasteiger partial charge in [-0.15, -0.1) is 11.3 Å². The van der Waals surface area contributed by atoms with Crippen LogP contribution in [-0.2, 0) is 0 Å². The molecular weight excluding hydrogens is 288 g/mol. The Morgan fingerprint density at radius 1 is 1.38 bits per heavy atom. The standard InChI is InChI=1S/C12H11BrO2S/c1-15-8-4-5-9(10(13)7-8)12(14)11-3-2-6-16-11/h2-7,12,14H,1H3. The third-order valence-corrected chi connectivity index (χ3v) is 3.93. The van der Waals surface area contributed by atoms with Gasteiger partial charge in [0.2, 0.25) is 0 Å². The lowest BCUT2D eigenvalue weighted by molar-refractivity contribution is 0.223. The molecule has 0 radical (unpaired) electrons. The monoisotopic (exact) mass is 298 g/mol. The highest BCUT2D eigenvalue weighted by atomic mass is 79.9. The molecule has 0 bridgehead atoms. The molecule has 0 aliphatic rings. The number of aliphatic hydroxyl groups is 1. The van der Waals surface area contributed by atoms with E-state index >= 15 is 0 Å². The van der Waals surface area contributed by atoms with Gasteiger partial charge in [0.15, 0.2) is 0 Å². The highest BCUT2D eigenvalue weighted by Gasteiger charge is 2.14. The molecule has 0 spiro atoms. The number of hydrogen-bond acceptors (Lipinski definition) is 3. The molecule has 84 valence electrons. The maximum atomic E-state index is 10.2. The van der Waals surface area contributed by atoms with Gasteiger partial charge in [0.1, 0.15) is 11.9 Å². The van der Waals surface area contributed by atoms with E-state index < -0.39 is 6.10 Å². The van der Waals surface area contributed by atoms with E-state index in [1.807, 2.05) is 35.7 Å². The summed E-state index contributed by atoms with van der Waals surface area (Å²) in [6.45, 7) is 0. The normalized spacial score (nSPS) is 12.4. The van der Waals surface area contributed by atoms with Crippen LogP contribution in [0.4, 0.5) is 0 Å². The molecule has 0 aliphatic heterocycles. The van der Waals surface area contributed by atoms with Crippen molar-refractivity contribution in [3.8, 4) is 5.75 Å². The van der Waals surface area contributed by atoms with Gasteiger partial charge < -0.3 is 9.84 Å². The van der Waals surface area contributed by atoms with Crippen molar-refractivity contribution in [3.63, 3.8) is 0 Å². The average molecular weight is 299 g/mol. The van der Waals surface area contributed by atoms with Gasteiger partial charge in [-0.1, -0.05) is 28.1 Å². The van der Waals surface area contributed by atoms with Gasteiger partial charge in [0, 0.05) is 14.9 Å². The van der Waals surface area contributed by atoms with Crippen LogP contribution >= 0.6 is 27.3 Å². The van der Waals surface area contributed by atoms with Crippen LogP contribution in [0.25, 0.3) is 0 Å². The molecule has 0 saturated carbocycles. The van der Waals surface area contributed by atoms with Crippen LogP contribution < -0.4 is 4.74 Å². The molecule has 1 heterocycles. The third-order valence-electron chi connectivity index (χ3n) is 2.31. The lowest BCUT2D eigenvalue weighted by Gasteiger charge is -2.12. The minimum atomic E-state index is -0.583. The van der Waals surface area contributed by atoms with E-state index in [-0.39, 0.29) is 0 Å². The van der Waals surface area contributed by atoms with Crippen molar-refractivity contribution in [3.05, 3.63) is 50.6 Å². The molecule has 2 rings (SSSR count). The summed E-state index contributed by atoms with van der Waals surface area (Å²) < 4.78 is 5.97. The van der Waals surface area contributed by atoms with E-state index in [4.69, 9.17) is 4.74 Å². The molecule has 0 fully saturated rings. The quantitative estimate of drug-likeness (QED) is 0.938. The molecule has 1 aromatic carbocycles. The number of aliphatic hydroxyl groups excluding tert-OH is 1. The van der Waals surface area contributed by atoms with Gasteiger partial charge in [0.25, 0.3) is 0 Å². The minimum Gasteiger partial charge on any atom is -0.497 e. The molecule has 1 N–H and O–H groups in total. The molecule has 2 nitrogen and oxygen atoms in total. The van der Waals surface area contributed by atoms with Gasteiger partial charge in [-0.2, -0.15) is 0 Å². The maximum absolute atomic E-state index is 10.2. The lowest BCUT2D eigenvalue weighted by Crippen LogP contribution is -1.98. The number of halogens is 1. The van der Waals surface area contributed by atoms with Gasteiger partial charge in [-0.05, 0) is 23.6 Å². The molecule has 0 amide bonds. The summed E-state index contributed by atoms with van der Waals surface area (Å²) >= 11 is 4.98. The van der Waals surface area contributed by atoms with Crippen LogP contribution in [-0.4, -0.2) is 12.2 Å². The van der Waals surface area contributed by atoms with Crippen molar-refractivity contribution >= 4 is 27.3 Å². The van der Waals surface area contributed by atoms with Crippen LogP contribution in [0, 0.1) is 0 Å². The Morgan fingerprint density at radius 2 is 2.19 bits per heavy atom. The van der Waals surface area contributed by atoms with E-state index in [0.29, 0.717) is 0 Å². The first-order valence-electron chi connectivity index (χ1n) is 4.77. The number of ether oxygens (including phenoxy) is 1. The average Bonchev–Trinajstić information content (AvgIpc) is 2.81.